The summed E-state index contributed by atoms with van der Waals surface area (Å²) in [5.41, 5.74) is 0.386. The van der Waals surface area contributed by atoms with Crippen molar-refractivity contribution in [1.29, 1.82) is 0 Å². The molecule has 4 heteroatoms. The Kier molecular flexibility index (Phi) is 4.84. The van der Waals surface area contributed by atoms with E-state index < -0.39 is 17.5 Å². The zero-order valence-corrected chi connectivity index (χ0v) is 13.0. The van der Waals surface area contributed by atoms with Gasteiger partial charge < -0.3 is 5.32 Å². The van der Waals surface area contributed by atoms with E-state index in [1.165, 1.54) is 12.8 Å². The highest BCUT2D eigenvalue weighted by Gasteiger charge is 2.29. The van der Waals surface area contributed by atoms with Crippen LogP contribution in [0, 0.1) is 34.7 Å². The van der Waals surface area contributed by atoms with Crippen molar-refractivity contribution in [2.75, 3.05) is 11.9 Å². The summed E-state index contributed by atoms with van der Waals surface area (Å²) < 4.78 is 39.5. The molecule has 21 heavy (non-hydrogen) atoms. The van der Waals surface area contributed by atoms with Crippen molar-refractivity contribution in [1.82, 2.24) is 0 Å². The first-order chi connectivity index (χ1) is 9.77. The number of nitrogens with one attached hydrogen (secondary N) is 1. The maximum Gasteiger partial charge on any atom is 0.161 e. The predicted octanol–water partition coefficient (Wildman–Crippen LogP) is 5.37. The van der Waals surface area contributed by atoms with Gasteiger partial charge in [0.25, 0.3) is 0 Å². The molecule has 0 radical (unpaired) electrons. The highest BCUT2D eigenvalue weighted by atomic mass is 19.2. The molecule has 118 valence electrons. The van der Waals surface area contributed by atoms with Crippen molar-refractivity contribution < 1.29 is 13.2 Å². The van der Waals surface area contributed by atoms with Gasteiger partial charge >= 0.3 is 0 Å². The molecule has 0 amide bonds. The van der Waals surface area contributed by atoms with Gasteiger partial charge in [-0.05, 0) is 42.9 Å². The first-order valence-electron chi connectivity index (χ1n) is 7.66. The largest absolute Gasteiger partial charge is 0.382 e. The molecule has 1 aromatic rings. The Labute approximate surface area is 124 Å². The molecule has 1 aliphatic carbocycles. The fraction of sp³-hybridized carbons (Fsp3) is 0.647. The van der Waals surface area contributed by atoms with E-state index in [9.17, 15) is 13.2 Å². The van der Waals surface area contributed by atoms with Gasteiger partial charge in [-0.25, -0.2) is 13.2 Å². The number of hydrogen-bond acceptors (Lipinski definition) is 1. The fourth-order valence-corrected chi connectivity index (χ4v) is 3.14. The van der Waals surface area contributed by atoms with Gasteiger partial charge in [-0.2, -0.15) is 0 Å². The third-order valence-corrected chi connectivity index (χ3v) is 4.66. The molecule has 0 heterocycles. The SMILES string of the molecule is CC(C)(C)C1CCC(CNc2cc(F)c(F)cc2F)CC1. The minimum Gasteiger partial charge on any atom is -0.382 e. The zero-order valence-electron chi connectivity index (χ0n) is 13.0. The lowest BCUT2D eigenvalue weighted by atomic mass is 9.70. The van der Waals surface area contributed by atoms with Gasteiger partial charge in [-0.3, -0.25) is 0 Å². The van der Waals surface area contributed by atoms with Crippen LogP contribution in [0.15, 0.2) is 12.1 Å². The Balaban J connectivity index is 1.87. The van der Waals surface area contributed by atoms with E-state index in [0.717, 1.165) is 24.8 Å². The lowest BCUT2D eigenvalue weighted by Gasteiger charge is -2.37. The molecule has 1 aromatic carbocycles. The van der Waals surface area contributed by atoms with Crippen LogP contribution in [0.25, 0.3) is 0 Å². The first-order valence-corrected chi connectivity index (χ1v) is 7.66. The second-order valence-electron chi connectivity index (χ2n) is 7.21. The topological polar surface area (TPSA) is 12.0 Å². The molecular formula is C17H24F3N. The molecule has 0 aromatic heterocycles. The molecular weight excluding hydrogens is 275 g/mol. The summed E-state index contributed by atoms with van der Waals surface area (Å²) in [7, 11) is 0. The smallest absolute Gasteiger partial charge is 0.161 e. The molecule has 0 saturated heterocycles. The maximum atomic E-state index is 13.5. The van der Waals surface area contributed by atoms with E-state index in [0.29, 0.717) is 23.9 Å². The monoisotopic (exact) mass is 299 g/mol. The second kappa shape index (κ2) is 6.29. The number of anilines is 1. The molecule has 0 aliphatic heterocycles. The normalized spacial score (nSPS) is 23.1. The van der Waals surface area contributed by atoms with Crippen molar-refractivity contribution >= 4 is 5.69 Å². The number of benzene rings is 1. The Hall–Kier alpha value is -1.19. The standard InChI is InChI=1S/C17H24F3N/c1-17(2,3)12-6-4-11(5-7-12)10-21-16-9-14(19)13(18)8-15(16)20/h8-9,11-12,21H,4-7,10H2,1-3H3. The summed E-state index contributed by atoms with van der Waals surface area (Å²) in [5, 5.41) is 2.92. The average Bonchev–Trinajstić information content (AvgIpc) is 2.41. The van der Waals surface area contributed by atoms with Crippen LogP contribution < -0.4 is 5.32 Å². The molecule has 1 fully saturated rings. The van der Waals surface area contributed by atoms with E-state index in [1.807, 2.05) is 0 Å². The van der Waals surface area contributed by atoms with Crippen LogP contribution in [0.5, 0.6) is 0 Å². The molecule has 0 spiro atoms. The highest BCUT2D eigenvalue weighted by Crippen LogP contribution is 2.39. The number of rotatable bonds is 3. The van der Waals surface area contributed by atoms with Crippen molar-refractivity contribution in [3.05, 3.63) is 29.6 Å². The molecule has 1 aliphatic rings. The first kappa shape index (κ1) is 16.2. The minimum atomic E-state index is -1.15. The van der Waals surface area contributed by atoms with Crippen LogP contribution in [-0.2, 0) is 0 Å². The van der Waals surface area contributed by atoms with E-state index in [4.69, 9.17) is 0 Å². The Bertz CT molecular complexity index is 486. The molecule has 0 bridgehead atoms. The fourth-order valence-electron chi connectivity index (χ4n) is 3.14. The summed E-state index contributed by atoms with van der Waals surface area (Å²) in [6.45, 7) is 7.42. The van der Waals surface area contributed by atoms with E-state index in [-0.39, 0.29) is 5.69 Å². The van der Waals surface area contributed by atoms with Gasteiger partial charge in [-0.15, -0.1) is 0 Å². The third-order valence-electron chi connectivity index (χ3n) is 4.66. The molecule has 0 atom stereocenters. The van der Waals surface area contributed by atoms with Gasteiger partial charge in [0.05, 0.1) is 5.69 Å². The summed E-state index contributed by atoms with van der Waals surface area (Å²) in [5.74, 6) is -1.71. The number of halogens is 3. The number of hydrogen-bond donors (Lipinski definition) is 1. The molecule has 0 unspecified atom stereocenters. The van der Waals surface area contributed by atoms with Gasteiger partial charge in [-0.1, -0.05) is 20.8 Å². The van der Waals surface area contributed by atoms with E-state index in [1.54, 1.807) is 0 Å². The third kappa shape index (κ3) is 4.14. The Morgan fingerprint density at radius 2 is 1.52 bits per heavy atom. The summed E-state index contributed by atoms with van der Waals surface area (Å²) in [6, 6.07) is 1.49. The average molecular weight is 299 g/mol. The van der Waals surface area contributed by atoms with Crippen molar-refractivity contribution in [2.45, 2.75) is 46.5 Å². The van der Waals surface area contributed by atoms with Gasteiger partial charge in [0.1, 0.15) is 5.82 Å². The maximum absolute atomic E-state index is 13.5. The van der Waals surface area contributed by atoms with Crippen molar-refractivity contribution in [3.63, 3.8) is 0 Å². The summed E-state index contributed by atoms with van der Waals surface area (Å²) >= 11 is 0. The lowest BCUT2D eigenvalue weighted by Crippen LogP contribution is -2.28. The molecule has 1 nitrogen and oxygen atoms in total. The summed E-state index contributed by atoms with van der Waals surface area (Å²) in [4.78, 5) is 0. The predicted molar refractivity (Wildman–Crippen MR) is 79.7 cm³/mol. The van der Waals surface area contributed by atoms with Crippen LogP contribution in [0.3, 0.4) is 0 Å². The van der Waals surface area contributed by atoms with Crippen LogP contribution in [0.2, 0.25) is 0 Å². The van der Waals surface area contributed by atoms with Crippen LogP contribution in [-0.4, -0.2) is 6.54 Å². The Morgan fingerprint density at radius 3 is 2.10 bits per heavy atom. The second-order valence-corrected chi connectivity index (χ2v) is 7.21. The highest BCUT2D eigenvalue weighted by molar-refractivity contribution is 5.45. The minimum absolute atomic E-state index is 0.0480. The van der Waals surface area contributed by atoms with Crippen LogP contribution in [0.1, 0.15) is 46.5 Å². The van der Waals surface area contributed by atoms with Crippen LogP contribution in [0.4, 0.5) is 18.9 Å². The van der Waals surface area contributed by atoms with Gasteiger partial charge in [0.2, 0.25) is 0 Å². The Morgan fingerprint density at radius 1 is 0.952 bits per heavy atom. The lowest BCUT2D eigenvalue weighted by molar-refractivity contribution is 0.153. The van der Waals surface area contributed by atoms with Crippen molar-refractivity contribution in [2.24, 2.45) is 17.3 Å². The zero-order chi connectivity index (χ0) is 15.6. The van der Waals surface area contributed by atoms with Gasteiger partial charge in [0, 0.05) is 18.7 Å². The molecule has 1 saturated carbocycles. The molecule has 1 N–H and O–H groups in total. The van der Waals surface area contributed by atoms with Crippen LogP contribution >= 0.6 is 0 Å². The molecule has 2 rings (SSSR count). The van der Waals surface area contributed by atoms with E-state index >= 15 is 0 Å². The van der Waals surface area contributed by atoms with Crippen molar-refractivity contribution in [3.8, 4) is 0 Å². The van der Waals surface area contributed by atoms with Gasteiger partial charge in [0.15, 0.2) is 11.6 Å². The van der Waals surface area contributed by atoms with E-state index in [2.05, 4.69) is 26.1 Å². The summed E-state index contributed by atoms with van der Waals surface area (Å²) in [6.07, 6.45) is 4.55. The quantitative estimate of drug-likeness (QED) is 0.740.